The number of benzene rings is 2. The zero-order valence-corrected chi connectivity index (χ0v) is 26.7. The van der Waals surface area contributed by atoms with Gasteiger partial charge in [0.25, 0.3) is 0 Å². The summed E-state index contributed by atoms with van der Waals surface area (Å²) in [6, 6.07) is 9.46. The number of anilines is 1. The van der Waals surface area contributed by atoms with Crippen LogP contribution in [0.2, 0.25) is 0 Å². The van der Waals surface area contributed by atoms with E-state index in [1.165, 1.54) is 93.8 Å². The Hall–Kier alpha value is -1.44. The minimum Gasteiger partial charge on any atom is -0.335 e. The van der Waals surface area contributed by atoms with Gasteiger partial charge >= 0.3 is 0 Å². The Labute approximate surface area is 256 Å². The zero-order valence-electron chi connectivity index (χ0n) is 23.4. The van der Waals surface area contributed by atoms with Crippen molar-refractivity contribution in [2.24, 2.45) is 5.92 Å². The number of nitrogens with zero attached hydrogens (tertiary/aromatic N) is 1. The largest absolute Gasteiger partial charge is 0.335 e. The van der Waals surface area contributed by atoms with Gasteiger partial charge < -0.3 is 4.90 Å². The van der Waals surface area contributed by atoms with Crippen molar-refractivity contribution in [3.63, 3.8) is 0 Å². The average molecular weight is 602 g/mol. The lowest BCUT2D eigenvalue weighted by atomic mass is 9.77. The molecule has 0 amide bonds. The fraction of sp³-hybridized carbons (Fsp3) is 0.412. The minimum atomic E-state index is 0.525. The highest BCUT2D eigenvalue weighted by molar-refractivity contribution is 8.03. The third-order valence-corrected chi connectivity index (χ3v) is 13.6. The molecule has 0 aromatic heterocycles. The summed E-state index contributed by atoms with van der Waals surface area (Å²) in [6.07, 6.45) is 24.9. The number of nitrogens with one attached hydrogen (secondary N) is 1. The van der Waals surface area contributed by atoms with E-state index in [2.05, 4.69) is 77.7 Å². The quantitative estimate of drug-likeness (QED) is 0.351. The molecule has 0 bridgehead atoms. The van der Waals surface area contributed by atoms with Crippen LogP contribution in [0.1, 0.15) is 49.7 Å². The fourth-order valence-corrected chi connectivity index (χ4v) is 11.7. The molecule has 3 unspecified atom stereocenters. The van der Waals surface area contributed by atoms with Crippen LogP contribution in [0, 0.1) is 5.92 Å². The average Bonchev–Trinajstić information content (AvgIpc) is 3.53. The van der Waals surface area contributed by atoms with Crippen LogP contribution in [-0.2, 0) is 12.8 Å². The van der Waals surface area contributed by atoms with Gasteiger partial charge in [0.05, 0.1) is 22.2 Å². The number of thioether (sulfide) groups is 4. The van der Waals surface area contributed by atoms with Crippen molar-refractivity contribution in [3.8, 4) is 0 Å². The lowest BCUT2D eigenvalue weighted by Crippen LogP contribution is -3.10. The van der Waals surface area contributed by atoms with Gasteiger partial charge in [0.1, 0.15) is 0 Å². The number of hydrogen-bond acceptors (Lipinski definition) is 5. The Morgan fingerprint density at radius 2 is 1.70 bits per heavy atom. The molecule has 2 aliphatic carbocycles. The first-order chi connectivity index (χ1) is 19.7. The molecule has 4 heterocycles. The highest BCUT2D eigenvalue weighted by Gasteiger charge is 2.40. The van der Waals surface area contributed by atoms with Crippen molar-refractivity contribution in [3.05, 3.63) is 81.4 Å². The van der Waals surface area contributed by atoms with Gasteiger partial charge in [0.15, 0.2) is 11.1 Å². The van der Waals surface area contributed by atoms with Crippen LogP contribution in [0.25, 0.3) is 0 Å². The van der Waals surface area contributed by atoms with Crippen LogP contribution in [0.15, 0.2) is 89.9 Å². The van der Waals surface area contributed by atoms with Crippen LogP contribution in [0.5, 0.6) is 0 Å². The van der Waals surface area contributed by atoms with Gasteiger partial charge in [-0.25, -0.2) is 0 Å². The Morgan fingerprint density at radius 1 is 0.900 bits per heavy atom. The molecule has 0 fully saturated rings. The van der Waals surface area contributed by atoms with E-state index < -0.39 is 0 Å². The van der Waals surface area contributed by atoms with E-state index >= 15 is 0 Å². The maximum absolute atomic E-state index is 2.64. The minimum absolute atomic E-state index is 0.525. The van der Waals surface area contributed by atoms with E-state index in [1.807, 2.05) is 35.3 Å². The van der Waals surface area contributed by atoms with Crippen LogP contribution in [0.3, 0.4) is 0 Å². The smallest absolute Gasteiger partial charge is 0.163 e. The maximum atomic E-state index is 2.64. The van der Waals surface area contributed by atoms with Crippen LogP contribution in [-0.4, -0.2) is 31.0 Å². The molecule has 6 heteroatoms. The van der Waals surface area contributed by atoms with E-state index in [4.69, 9.17) is 0 Å². The van der Waals surface area contributed by atoms with Gasteiger partial charge in [-0.05, 0) is 122 Å². The number of hydrogen-bond donors (Lipinski definition) is 1. The Bertz CT molecular complexity index is 1520. The molecule has 2 aromatic rings. The van der Waals surface area contributed by atoms with Gasteiger partial charge in [-0.3, -0.25) is 4.90 Å². The normalized spacial score (nSPS) is 28.4. The molecule has 8 rings (SSSR count). The van der Waals surface area contributed by atoms with Crippen molar-refractivity contribution < 1.29 is 4.90 Å². The molecule has 2 nitrogen and oxygen atoms in total. The van der Waals surface area contributed by atoms with Crippen LogP contribution in [0.4, 0.5) is 11.4 Å². The summed E-state index contributed by atoms with van der Waals surface area (Å²) in [7, 11) is 0. The van der Waals surface area contributed by atoms with Gasteiger partial charge in [-0.1, -0.05) is 35.7 Å². The van der Waals surface area contributed by atoms with Crippen LogP contribution < -0.4 is 9.80 Å². The summed E-state index contributed by atoms with van der Waals surface area (Å²) < 4.78 is 0. The van der Waals surface area contributed by atoms with Crippen molar-refractivity contribution in [1.29, 1.82) is 0 Å². The van der Waals surface area contributed by atoms with E-state index in [0.29, 0.717) is 5.37 Å². The molecule has 4 aliphatic heterocycles. The molecule has 0 saturated carbocycles. The van der Waals surface area contributed by atoms with E-state index in [0.717, 1.165) is 12.5 Å². The predicted octanol–water partition coefficient (Wildman–Crippen LogP) is 8.41. The van der Waals surface area contributed by atoms with E-state index in [-0.39, 0.29) is 0 Å². The summed E-state index contributed by atoms with van der Waals surface area (Å²) >= 11 is 7.92. The number of fused-ring (bicyclic) bond motifs is 1. The lowest BCUT2D eigenvalue weighted by Gasteiger charge is -2.31. The lowest BCUT2D eigenvalue weighted by molar-refractivity contribution is -0.838. The highest BCUT2D eigenvalue weighted by Crippen LogP contribution is 2.52. The molecule has 40 heavy (non-hydrogen) atoms. The zero-order chi connectivity index (χ0) is 26.8. The Kier molecular flexibility index (Phi) is 7.00. The highest BCUT2D eigenvalue weighted by atomic mass is 32.2. The Balaban J connectivity index is 1.07. The predicted molar refractivity (Wildman–Crippen MR) is 176 cm³/mol. The molecular weight excluding hydrogens is 565 g/mol. The second-order valence-corrected chi connectivity index (χ2v) is 15.8. The molecule has 0 radical (unpaired) electrons. The summed E-state index contributed by atoms with van der Waals surface area (Å²) in [5.41, 5.74) is 11.0. The third-order valence-electron chi connectivity index (χ3n) is 9.64. The van der Waals surface area contributed by atoms with Gasteiger partial charge in [-0.2, -0.15) is 0 Å². The first-order valence-corrected chi connectivity index (χ1v) is 19.1. The van der Waals surface area contributed by atoms with Crippen molar-refractivity contribution in [2.75, 3.05) is 30.5 Å². The SMILES string of the molecule is CSc1ccc2c3c1CCCN3/C(=C/C1=CC3=C/C(=C/C4Sc5ccc(SC)c6c5[NH+]4CCC6)CCC3CC1)S2. The van der Waals surface area contributed by atoms with Crippen LogP contribution >= 0.6 is 47.0 Å². The van der Waals surface area contributed by atoms with Gasteiger partial charge in [0, 0.05) is 33.2 Å². The summed E-state index contributed by atoms with van der Waals surface area (Å²) in [4.78, 5) is 10.3. The number of quaternary nitrogens is 1. The summed E-state index contributed by atoms with van der Waals surface area (Å²) in [5, 5.41) is 1.97. The molecule has 3 atom stereocenters. The molecule has 6 aliphatic rings. The molecule has 206 valence electrons. The topological polar surface area (TPSA) is 7.68 Å². The monoisotopic (exact) mass is 601 g/mol. The number of rotatable bonds is 4. The van der Waals surface area contributed by atoms with Gasteiger partial charge in [-0.15, -0.1) is 23.5 Å². The van der Waals surface area contributed by atoms with Crippen molar-refractivity contribution in [2.45, 2.75) is 76.3 Å². The van der Waals surface area contributed by atoms with Gasteiger partial charge in [0.2, 0.25) is 0 Å². The summed E-state index contributed by atoms with van der Waals surface area (Å²) in [6.45, 7) is 2.43. The molecule has 0 saturated heterocycles. The maximum Gasteiger partial charge on any atom is 0.163 e. The third kappa shape index (κ3) is 4.40. The first-order valence-electron chi connectivity index (χ1n) is 14.9. The second-order valence-electron chi connectivity index (χ2n) is 11.8. The Morgan fingerprint density at radius 3 is 2.58 bits per heavy atom. The standard InChI is InChI=1S/C34H36N2S4/c1-37-27-11-13-29-33-25(27)5-3-15-35(33)31(39-29)19-21-7-9-23-10-8-22(18-24(23)17-21)20-32-36-16-4-6-26-28(38-2)12-14-30(40-32)34(26)36/h11-14,17-20,23,31H,3-10,15-16H2,1-2H3/p+1/b21-19+,32-20-. The molecule has 2 aromatic carbocycles. The molecular formula is C34H37N2S4+. The number of allylic oxidation sites excluding steroid dienone is 6. The van der Waals surface area contributed by atoms with Crippen molar-refractivity contribution >= 4 is 58.4 Å². The molecule has 0 spiro atoms. The van der Waals surface area contributed by atoms with E-state index in [9.17, 15) is 0 Å². The summed E-state index contributed by atoms with van der Waals surface area (Å²) in [5.74, 6) is 0.741. The first kappa shape index (κ1) is 26.2. The van der Waals surface area contributed by atoms with Crippen molar-refractivity contribution in [1.82, 2.24) is 0 Å². The second kappa shape index (κ2) is 10.7. The fourth-order valence-electron chi connectivity index (χ4n) is 7.74. The molecule has 1 N–H and O–H groups in total. The van der Waals surface area contributed by atoms with E-state index in [1.54, 1.807) is 32.9 Å².